The number of aromatic hydroxyl groups is 1. The Kier molecular flexibility index (Phi) is 5.61. The molecule has 0 heterocycles. The molecule has 0 aromatic heterocycles. The molecule has 0 bridgehead atoms. The molecule has 0 fully saturated rings. The van der Waals surface area contributed by atoms with Gasteiger partial charge in [0, 0.05) is 5.69 Å². The highest BCUT2D eigenvalue weighted by atomic mass is 19.4. The number of ether oxygens (including phenoxy) is 1. The first-order valence-electron chi connectivity index (χ1n) is 7.60. The van der Waals surface area contributed by atoms with Crippen molar-refractivity contribution in [3.05, 3.63) is 53.6 Å². The quantitative estimate of drug-likeness (QED) is 0.740. The molecule has 27 heavy (non-hydrogen) atoms. The highest BCUT2D eigenvalue weighted by Gasteiger charge is 2.35. The van der Waals surface area contributed by atoms with Crippen LogP contribution in [0.4, 0.5) is 18.9 Å². The summed E-state index contributed by atoms with van der Waals surface area (Å²) in [5, 5.41) is 30.8. The summed E-state index contributed by atoms with van der Waals surface area (Å²) in [5.41, 5.74) is -4.13. The summed E-state index contributed by atoms with van der Waals surface area (Å²) in [6.07, 6.45) is -4.78. The molecule has 9 heteroatoms. The van der Waals surface area contributed by atoms with Crippen LogP contribution in [0, 0.1) is 11.3 Å². The van der Waals surface area contributed by atoms with Crippen LogP contribution in [-0.2, 0) is 11.0 Å². The van der Waals surface area contributed by atoms with E-state index in [0.29, 0.717) is 6.07 Å². The van der Waals surface area contributed by atoms with Gasteiger partial charge in [-0.1, -0.05) is 12.1 Å². The van der Waals surface area contributed by atoms with Gasteiger partial charge in [-0.2, -0.15) is 18.4 Å². The molecule has 2 aromatic rings. The van der Waals surface area contributed by atoms with Gasteiger partial charge < -0.3 is 20.3 Å². The van der Waals surface area contributed by atoms with Gasteiger partial charge in [0.05, 0.1) is 17.2 Å². The number of aliphatic hydroxyl groups is 1. The minimum Gasteiger partial charge on any atom is -0.504 e. The van der Waals surface area contributed by atoms with E-state index in [-0.39, 0.29) is 17.2 Å². The Balaban J connectivity index is 2.13. The Labute approximate surface area is 152 Å². The fourth-order valence-corrected chi connectivity index (χ4v) is 2.08. The second-order valence-corrected chi connectivity index (χ2v) is 5.85. The van der Waals surface area contributed by atoms with Crippen LogP contribution < -0.4 is 10.1 Å². The van der Waals surface area contributed by atoms with Crippen LogP contribution in [0.5, 0.6) is 11.5 Å². The molecule has 0 saturated carbocycles. The molecule has 0 aliphatic rings. The van der Waals surface area contributed by atoms with E-state index in [4.69, 9.17) is 10.00 Å². The van der Waals surface area contributed by atoms with Gasteiger partial charge in [-0.15, -0.1) is 0 Å². The molecular formula is C18H15F3N2O4. The van der Waals surface area contributed by atoms with Crippen LogP contribution in [0.1, 0.15) is 18.1 Å². The average molecular weight is 380 g/mol. The maximum atomic E-state index is 13.0. The van der Waals surface area contributed by atoms with Crippen molar-refractivity contribution in [1.29, 1.82) is 5.26 Å². The third-order valence-electron chi connectivity index (χ3n) is 3.57. The smallest absolute Gasteiger partial charge is 0.417 e. The zero-order chi connectivity index (χ0) is 20.2. The number of nitrogens with zero attached hydrogens (tertiary/aromatic N) is 1. The number of rotatable bonds is 5. The van der Waals surface area contributed by atoms with Gasteiger partial charge in [0.2, 0.25) is 0 Å². The van der Waals surface area contributed by atoms with Crippen LogP contribution >= 0.6 is 0 Å². The van der Waals surface area contributed by atoms with Gasteiger partial charge in [-0.25, -0.2) is 0 Å². The van der Waals surface area contributed by atoms with Crippen LogP contribution in [0.2, 0.25) is 0 Å². The van der Waals surface area contributed by atoms with Crippen molar-refractivity contribution in [2.75, 3.05) is 11.9 Å². The summed E-state index contributed by atoms with van der Waals surface area (Å²) < 4.78 is 44.1. The molecule has 2 aromatic carbocycles. The maximum Gasteiger partial charge on any atom is 0.417 e. The summed E-state index contributed by atoms with van der Waals surface area (Å²) in [6.45, 7) is 0.551. The van der Waals surface area contributed by atoms with Crippen molar-refractivity contribution in [2.24, 2.45) is 0 Å². The van der Waals surface area contributed by atoms with E-state index in [9.17, 15) is 28.2 Å². The number of halogens is 3. The lowest BCUT2D eigenvalue weighted by molar-refractivity contribution is -0.138. The molecule has 0 aliphatic carbocycles. The molecule has 0 saturated heterocycles. The van der Waals surface area contributed by atoms with Crippen molar-refractivity contribution in [3.8, 4) is 17.6 Å². The minimum absolute atomic E-state index is 0.0308. The van der Waals surface area contributed by atoms with Gasteiger partial charge in [-0.3, -0.25) is 4.79 Å². The number of amides is 1. The van der Waals surface area contributed by atoms with Crippen molar-refractivity contribution >= 4 is 11.6 Å². The Morgan fingerprint density at radius 2 is 1.93 bits per heavy atom. The van der Waals surface area contributed by atoms with E-state index < -0.39 is 35.4 Å². The second kappa shape index (κ2) is 7.55. The zero-order valence-electron chi connectivity index (χ0n) is 14.0. The number of alkyl halides is 3. The molecule has 0 spiro atoms. The minimum atomic E-state index is -4.78. The molecule has 1 amide bonds. The van der Waals surface area contributed by atoms with E-state index in [1.807, 2.05) is 0 Å². The van der Waals surface area contributed by atoms with Gasteiger partial charge >= 0.3 is 6.18 Å². The Morgan fingerprint density at radius 3 is 2.52 bits per heavy atom. The summed E-state index contributed by atoms with van der Waals surface area (Å²) in [4.78, 5) is 12.2. The van der Waals surface area contributed by atoms with Crippen molar-refractivity contribution in [1.82, 2.24) is 0 Å². The summed E-state index contributed by atoms with van der Waals surface area (Å²) >= 11 is 0. The third-order valence-corrected chi connectivity index (χ3v) is 3.57. The highest BCUT2D eigenvalue weighted by Crippen LogP contribution is 2.33. The molecular weight excluding hydrogens is 365 g/mol. The van der Waals surface area contributed by atoms with Gasteiger partial charge in [-0.05, 0) is 37.3 Å². The number of carbonyl (C=O) groups is 1. The van der Waals surface area contributed by atoms with Gasteiger partial charge in [0.1, 0.15) is 6.61 Å². The molecule has 2 rings (SSSR count). The fraction of sp³-hybridized carbons (Fsp3) is 0.222. The first-order chi connectivity index (χ1) is 12.5. The molecule has 0 aliphatic heterocycles. The SMILES string of the molecule is CC(O)(COc1ccccc1O)C(=O)Nc1ccc(C#N)c(C(F)(F)F)c1. The normalized spacial score (nSPS) is 13.3. The second-order valence-electron chi connectivity index (χ2n) is 5.85. The Bertz CT molecular complexity index is 889. The van der Waals surface area contributed by atoms with Crippen LogP contribution in [-0.4, -0.2) is 28.3 Å². The lowest BCUT2D eigenvalue weighted by Crippen LogP contribution is -2.45. The van der Waals surface area contributed by atoms with E-state index >= 15 is 0 Å². The van der Waals surface area contributed by atoms with Crippen molar-refractivity contribution in [3.63, 3.8) is 0 Å². The number of nitriles is 1. The van der Waals surface area contributed by atoms with E-state index in [0.717, 1.165) is 19.1 Å². The predicted molar refractivity (Wildman–Crippen MR) is 89.0 cm³/mol. The number of nitrogens with one attached hydrogen (secondary N) is 1. The van der Waals surface area contributed by atoms with Crippen LogP contribution in [0.3, 0.4) is 0 Å². The number of benzene rings is 2. The Morgan fingerprint density at radius 1 is 1.26 bits per heavy atom. The van der Waals surface area contributed by atoms with Crippen molar-refractivity contribution < 1.29 is 32.9 Å². The summed E-state index contributed by atoms with van der Waals surface area (Å²) in [6, 6.07) is 9.96. The molecule has 142 valence electrons. The first-order valence-corrected chi connectivity index (χ1v) is 7.60. The number of para-hydroxylation sites is 2. The van der Waals surface area contributed by atoms with Crippen molar-refractivity contribution in [2.45, 2.75) is 18.7 Å². The third kappa shape index (κ3) is 4.89. The predicted octanol–water partition coefficient (Wildman–Crippen LogP) is 3.05. The van der Waals surface area contributed by atoms with E-state index in [2.05, 4.69) is 5.32 Å². The number of hydrogen-bond acceptors (Lipinski definition) is 5. The standard InChI is InChI=1S/C18H15F3N2O4/c1-17(26,10-27-15-5-3-2-4-14(15)24)16(25)23-12-7-6-11(9-22)13(8-12)18(19,20)21/h2-8,24,26H,10H2,1H3,(H,23,25). The lowest BCUT2D eigenvalue weighted by Gasteiger charge is -2.23. The zero-order valence-corrected chi connectivity index (χ0v) is 14.0. The molecule has 6 nitrogen and oxygen atoms in total. The number of hydrogen-bond donors (Lipinski definition) is 3. The van der Waals surface area contributed by atoms with Gasteiger partial charge in [0.15, 0.2) is 17.1 Å². The molecule has 1 atom stereocenters. The summed E-state index contributed by atoms with van der Waals surface area (Å²) in [5.74, 6) is -1.19. The van der Waals surface area contributed by atoms with E-state index in [1.165, 1.54) is 18.2 Å². The molecule has 1 unspecified atom stereocenters. The monoisotopic (exact) mass is 380 g/mol. The van der Waals surface area contributed by atoms with E-state index in [1.54, 1.807) is 12.1 Å². The topological polar surface area (TPSA) is 103 Å². The molecule has 3 N–H and O–H groups in total. The highest BCUT2D eigenvalue weighted by molar-refractivity contribution is 5.97. The number of phenolic OH excluding ortho intramolecular Hbond substituents is 1. The average Bonchev–Trinajstić information content (AvgIpc) is 2.60. The van der Waals surface area contributed by atoms with Crippen LogP contribution in [0.15, 0.2) is 42.5 Å². The maximum absolute atomic E-state index is 13.0. The summed E-state index contributed by atoms with van der Waals surface area (Å²) in [7, 11) is 0. The molecule has 0 radical (unpaired) electrons. The van der Waals surface area contributed by atoms with Gasteiger partial charge in [0.25, 0.3) is 5.91 Å². The van der Waals surface area contributed by atoms with Crippen LogP contribution in [0.25, 0.3) is 0 Å². The number of anilines is 1. The largest absolute Gasteiger partial charge is 0.504 e. The fourth-order valence-electron chi connectivity index (χ4n) is 2.08. The number of phenols is 1. The first kappa shape index (κ1) is 20.1. The Hall–Kier alpha value is -3.25. The lowest BCUT2D eigenvalue weighted by atomic mass is 10.1. The number of carbonyl (C=O) groups excluding carboxylic acids is 1.